The lowest BCUT2D eigenvalue weighted by molar-refractivity contribution is -0.105. The van der Waals surface area contributed by atoms with E-state index in [0.717, 1.165) is 10.0 Å². The Morgan fingerprint density at radius 1 is 0.868 bits per heavy atom. The summed E-state index contributed by atoms with van der Waals surface area (Å²) in [4.78, 5) is 26.3. The zero-order valence-electron chi connectivity index (χ0n) is 20.5. The number of rotatable bonds is 7. The maximum atomic E-state index is 14.2. The van der Waals surface area contributed by atoms with Gasteiger partial charge in [-0.25, -0.2) is 12.7 Å². The lowest BCUT2D eigenvalue weighted by Gasteiger charge is -2.37. The molecule has 0 saturated heterocycles. The molecule has 1 aliphatic rings. The van der Waals surface area contributed by atoms with Crippen LogP contribution >= 0.6 is 15.9 Å². The largest absolute Gasteiger partial charge is 0.298 e. The highest BCUT2D eigenvalue weighted by Gasteiger charge is 2.40. The molecule has 0 unspecified atom stereocenters. The number of Topliss-reactive ketones (excluding diaryl/α,β-unsaturated/α-hetero) is 1. The van der Waals surface area contributed by atoms with E-state index in [-0.39, 0.29) is 28.4 Å². The number of carbonyl (C=O) groups excluding carboxylic acids is 2. The third-order valence-corrected chi connectivity index (χ3v) is 8.93. The van der Waals surface area contributed by atoms with Crippen molar-refractivity contribution >= 4 is 49.4 Å². The number of hydrogen-bond donors (Lipinski definition) is 0. The van der Waals surface area contributed by atoms with E-state index < -0.39 is 15.9 Å². The van der Waals surface area contributed by atoms with Gasteiger partial charge in [-0.15, -0.1) is 0 Å². The number of aldehydes is 1. The molecule has 190 valence electrons. The number of fused-ring (bicyclic) bond motifs is 1. The van der Waals surface area contributed by atoms with Crippen LogP contribution in [0.25, 0.3) is 5.70 Å². The first-order valence-corrected chi connectivity index (χ1v) is 14.3. The molecular weight excluding hydrogens is 562 g/mol. The van der Waals surface area contributed by atoms with Crippen molar-refractivity contribution in [2.75, 3.05) is 4.31 Å². The van der Waals surface area contributed by atoms with E-state index in [9.17, 15) is 18.0 Å². The summed E-state index contributed by atoms with van der Waals surface area (Å²) >= 11 is 3.39. The van der Waals surface area contributed by atoms with Gasteiger partial charge in [-0.1, -0.05) is 94.3 Å². The molecule has 0 N–H and O–H groups in total. The summed E-state index contributed by atoms with van der Waals surface area (Å²) in [5.41, 5.74) is 3.56. The molecule has 0 aliphatic carbocycles. The highest BCUT2D eigenvalue weighted by Crippen LogP contribution is 2.48. The first-order chi connectivity index (χ1) is 18.3. The average molecular weight is 587 g/mol. The SMILES string of the molecule is Cc1ccc(S(=O)(=O)N2C(c3ccccc3)=C(C=O)[C@H](CC(=O)c3ccc(Br)cc3)c3ccccc32)cc1. The van der Waals surface area contributed by atoms with Gasteiger partial charge in [0.15, 0.2) is 5.78 Å². The van der Waals surface area contributed by atoms with Crippen LogP contribution < -0.4 is 4.31 Å². The monoisotopic (exact) mass is 585 g/mol. The molecule has 5 nitrogen and oxygen atoms in total. The van der Waals surface area contributed by atoms with Crippen LogP contribution in [-0.2, 0) is 14.8 Å². The smallest absolute Gasteiger partial charge is 0.268 e. The Morgan fingerprint density at radius 3 is 2.16 bits per heavy atom. The van der Waals surface area contributed by atoms with Gasteiger partial charge in [0.2, 0.25) is 0 Å². The minimum absolute atomic E-state index is 0.0153. The van der Waals surface area contributed by atoms with Crippen molar-refractivity contribution in [3.8, 4) is 0 Å². The maximum absolute atomic E-state index is 14.2. The Labute approximate surface area is 230 Å². The Hall–Kier alpha value is -3.81. The molecule has 38 heavy (non-hydrogen) atoms. The number of aryl methyl sites for hydroxylation is 1. The van der Waals surface area contributed by atoms with Crippen LogP contribution in [0.5, 0.6) is 0 Å². The molecule has 0 bridgehead atoms. The third kappa shape index (κ3) is 4.75. The predicted octanol–water partition coefficient (Wildman–Crippen LogP) is 6.93. The number of ketones is 1. The molecule has 5 rings (SSSR count). The summed E-state index contributed by atoms with van der Waals surface area (Å²) < 4.78 is 30.5. The van der Waals surface area contributed by atoms with E-state index in [1.807, 2.05) is 13.0 Å². The number of anilines is 1. The Bertz CT molecular complexity index is 1640. The minimum Gasteiger partial charge on any atom is -0.298 e. The fraction of sp³-hybridized carbons (Fsp3) is 0.0968. The second-order valence-electron chi connectivity index (χ2n) is 9.12. The molecule has 0 fully saturated rings. The summed E-state index contributed by atoms with van der Waals surface area (Å²) in [6.07, 6.45) is 0.705. The van der Waals surface area contributed by atoms with Crippen molar-refractivity contribution in [3.05, 3.63) is 135 Å². The highest BCUT2D eigenvalue weighted by molar-refractivity contribution is 9.10. The topological polar surface area (TPSA) is 71.5 Å². The van der Waals surface area contributed by atoms with Crippen molar-refractivity contribution in [1.29, 1.82) is 0 Å². The molecule has 0 spiro atoms. The molecule has 0 saturated carbocycles. The molecule has 0 aromatic heterocycles. The van der Waals surface area contributed by atoms with Crippen molar-refractivity contribution in [3.63, 3.8) is 0 Å². The number of benzene rings is 4. The Kier molecular flexibility index (Phi) is 7.15. The summed E-state index contributed by atoms with van der Waals surface area (Å²) in [5.74, 6) is -0.765. The zero-order valence-corrected chi connectivity index (χ0v) is 22.9. The molecule has 0 radical (unpaired) electrons. The summed E-state index contributed by atoms with van der Waals surface area (Å²) in [5, 5.41) is 0. The summed E-state index contributed by atoms with van der Waals surface area (Å²) in [7, 11) is -4.11. The van der Waals surface area contributed by atoms with Crippen molar-refractivity contribution < 1.29 is 18.0 Å². The number of hydrogen-bond acceptors (Lipinski definition) is 4. The number of allylic oxidation sites excluding steroid dienone is 1. The van der Waals surface area contributed by atoms with Crippen LogP contribution in [0, 0.1) is 6.92 Å². The second kappa shape index (κ2) is 10.5. The molecule has 0 amide bonds. The number of nitrogens with zero attached hydrogens (tertiary/aromatic N) is 1. The van der Waals surface area contributed by atoms with Crippen LogP contribution in [0.15, 0.2) is 118 Å². The Balaban J connectivity index is 1.74. The number of carbonyl (C=O) groups is 2. The van der Waals surface area contributed by atoms with Crippen LogP contribution in [0.1, 0.15) is 39.4 Å². The molecule has 4 aromatic carbocycles. The molecule has 1 heterocycles. The van der Waals surface area contributed by atoms with E-state index in [2.05, 4.69) is 15.9 Å². The molecule has 7 heteroatoms. The first-order valence-electron chi connectivity index (χ1n) is 12.1. The standard InChI is InChI=1S/C31H24BrNO4S/c1-21-11-17-25(18-12-21)38(36,37)33-29-10-6-5-9-26(29)27(19-30(35)22-13-15-24(32)16-14-22)28(20-34)31(33)23-7-3-2-4-8-23/h2-18,20,27H,19H2,1H3/t27-/m1/s1. The molecule has 4 aromatic rings. The normalized spacial score (nSPS) is 15.2. The third-order valence-electron chi connectivity index (χ3n) is 6.67. The quantitative estimate of drug-likeness (QED) is 0.174. The van der Waals surface area contributed by atoms with E-state index >= 15 is 0 Å². The van der Waals surface area contributed by atoms with Gasteiger partial charge in [0.05, 0.1) is 16.3 Å². The summed E-state index contributed by atoms with van der Waals surface area (Å²) in [6.45, 7) is 1.89. The van der Waals surface area contributed by atoms with Crippen LogP contribution in [0.3, 0.4) is 0 Å². The fourth-order valence-electron chi connectivity index (χ4n) is 4.78. The predicted molar refractivity (Wildman–Crippen MR) is 153 cm³/mol. The lowest BCUT2D eigenvalue weighted by atomic mass is 9.80. The van der Waals surface area contributed by atoms with Crippen LogP contribution in [0.2, 0.25) is 0 Å². The van der Waals surface area contributed by atoms with Gasteiger partial charge < -0.3 is 0 Å². The van der Waals surface area contributed by atoms with Gasteiger partial charge in [0.1, 0.15) is 6.29 Å². The number of sulfonamides is 1. The van der Waals surface area contributed by atoms with Gasteiger partial charge in [0.25, 0.3) is 10.0 Å². The van der Waals surface area contributed by atoms with Gasteiger partial charge in [-0.2, -0.15) is 0 Å². The zero-order chi connectivity index (χ0) is 26.9. The van der Waals surface area contributed by atoms with E-state index in [4.69, 9.17) is 0 Å². The van der Waals surface area contributed by atoms with E-state index in [1.54, 1.807) is 97.1 Å². The highest BCUT2D eigenvalue weighted by atomic mass is 79.9. The molecule has 1 atom stereocenters. The van der Waals surface area contributed by atoms with Crippen molar-refractivity contribution in [2.24, 2.45) is 0 Å². The second-order valence-corrected chi connectivity index (χ2v) is 11.8. The van der Waals surface area contributed by atoms with Crippen molar-refractivity contribution in [2.45, 2.75) is 24.2 Å². The van der Waals surface area contributed by atoms with Gasteiger partial charge >= 0.3 is 0 Å². The van der Waals surface area contributed by atoms with Gasteiger partial charge in [-0.3, -0.25) is 9.59 Å². The van der Waals surface area contributed by atoms with Gasteiger partial charge in [0, 0.05) is 27.9 Å². The van der Waals surface area contributed by atoms with E-state index in [0.29, 0.717) is 28.7 Å². The maximum Gasteiger partial charge on any atom is 0.268 e. The van der Waals surface area contributed by atoms with Crippen molar-refractivity contribution in [1.82, 2.24) is 0 Å². The van der Waals surface area contributed by atoms with E-state index in [1.165, 1.54) is 4.31 Å². The summed E-state index contributed by atoms with van der Waals surface area (Å²) in [6, 6.07) is 29.7. The Morgan fingerprint density at radius 2 is 1.50 bits per heavy atom. The van der Waals surface area contributed by atoms with Gasteiger partial charge in [-0.05, 0) is 48.4 Å². The molecule has 1 aliphatic heterocycles. The van der Waals surface area contributed by atoms with Crippen LogP contribution in [-0.4, -0.2) is 20.5 Å². The average Bonchev–Trinajstić information content (AvgIpc) is 2.93. The van der Waals surface area contributed by atoms with Crippen LogP contribution in [0.4, 0.5) is 5.69 Å². The number of para-hydroxylation sites is 1. The molecular formula is C31H24BrNO4S. The minimum atomic E-state index is -4.11. The number of halogens is 1. The lowest BCUT2D eigenvalue weighted by Crippen LogP contribution is -2.36. The fourth-order valence-corrected chi connectivity index (χ4v) is 6.61. The first kappa shape index (κ1) is 25.8.